The summed E-state index contributed by atoms with van der Waals surface area (Å²) < 4.78 is 39.9. The second kappa shape index (κ2) is 9.16. The molecule has 1 aromatic heterocycles. The molecule has 1 aliphatic heterocycles. The molecule has 1 saturated heterocycles. The van der Waals surface area contributed by atoms with E-state index in [1.165, 1.54) is 12.3 Å². The standard InChI is InChI=1S/C24H25F3N4O/c1-2-31-14-11-18(12-15-31)30-23(32)16-6-8-17(9-7-16)29-21-10-13-28-22-19(21)4-3-5-20(22)24(25,26)27/h3-10,13,18H,2,11-12,14-15H2,1H3,(H,28,29)(H,30,32). The van der Waals surface area contributed by atoms with Crippen LogP contribution in [-0.4, -0.2) is 41.5 Å². The fourth-order valence-corrected chi connectivity index (χ4v) is 4.04. The number of benzene rings is 2. The first-order valence-corrected chi connectivity index (χ1v) is 10.7. The Morgan fingerprint density at radius 1 is 1.09 bits per heavy atom. The van der Waals surface area contributed by atoms with E-state index in [1.807, 2.05) is 0 Å². The fraction of sp³-hybridized carbons (Fsp3) is 0.333. The van der Waals surface area contributed by atoms with Gasteiger partial charge in [0.25, 0.3) is 5.91 Å². The van der Waals surface area contributed by atoms with Gasteiger partial charge in [-0.2, -0.15) is 13.2 Å². The lowest BCUT2D eigenvalue weighted by molar-refractivity contribution is -0.136. The van der Waals surface area contributed by atoms with E-state index < -0.39 is 11.7 Å². The van der Waals surface area contributed by atoms with E-state index in [0.717, 1.165) is 38.5 Å². The van der Waals surface area contributed by atoms with Crippen LogP contribution in [0.4, 0.5) is 24.5 Å². The van der Waals surface area contributed by atoms with Gasteiger partial charge in [0.2, 0.25) is 0 Å². The number of alkyl halides is 3. The highest BCUT2D eigenvalue weighted by Crippen LogP contribution is 2.36. The summed E-state index contributed by atoms with van der Waals surface area (Å²) in [5, 5.41) is 6.61. The van der Waals surface area contributed by atoms with Gasteiger partial charge >= 0.3 is 6.18 Å². The number of carbonyl (C=O) groups is 1. The zero-order valence-electron chi connectivity index (χ0n) is 17.7. The van der Waals surface area contributed by atoms with Crippen LogP contribution in [-0.2, 0) is 6.18 Å². The van der Waals surface area contributed by atoms with E-state index in [9.17, 15) is 18.0 Å². The molecule has 32 heavy (non-hydrogen) atoms. The van der Waals surface area contributed by atoms with Crippen molar-refractivity contribution in [3.63, 3.8) is 0 Å². The number of aromatic nitrogens is 1. The predicted octanol–water partition coefficient (Wildman–Crippen LogP) is 5.21. The Labute approximate surface area is 184 Å². The predicted molar refractivity (Wildman–Crippen MR) is 119 cm³/mol. The minimum atomic E-state index is -4.48. The Bertz CT molecular complexity index is 1090. The van der Waals surface area contributed by atoms with Crippen molar-refractivity contribution in [2.45, 2.75) is 32.0 Å². The topological polar surface area (TPSA) is 57.3 Å². The number of nitrogens with one attached hydrogen (secondary N) is 2. The lowest BCUT2D eigenvalue weighted by Crippen LogP contribution is -2.44. The first kappa shape index (κ1) is 22.1. The number of nitrogens with zero attached hydrogens (tertiary/aromatic N) is 2. The minimum absolute atomic E-state index is 0.102. The summed E-state index contributed by atoms with van der Waals surface area (Å²) >= 11 is 0. The molecule has 168 valence electrons. The van der Waals surface area contributed by atoms with Crippen LogP contribution in [0.25, 0.3) is 10.9 Å². The molecule has 5 nitrogen and oxygen atoms in total. The highest BCUT2D eigenvalue weighted by molar-refractivity contribution is 5.96. The van der Waals surface area contributed by atoms with E-state index in [4.69, 9.17) is 0 Å². The van der Waals surface area contributed by atoms with E-state index >= 15 is 0 Å². The van der Waals surface area contributed by atoms with Crippen LogP contribution in [0.15, 0.2) is 54.7 Å². The third-order valence-corrected chi connectivity index (χ3v) is 5.87. The van der Waals surface area contributed by atoms with Crippen molar-refractivity contribution in [1.82, 2.24) is 15.2 Å². The highest BCUT2D eigenvalue weighted by atomic mass is 19.4. The van der Waals surface area contributed by atoms with Crippen molar-refractivity contribution in [2.75, 3.05) is 25.0 Å². The van der Waals surface area contributed by atoms with Gasteiger partial charge in [-0.05, 0) is 55.8 Å². The second-order valence-corrected chi connectivity index (χ2v) is 7.94. The van der Waals surface area contributed by atoms with Gasteiger partial charge in [-0.1, -0.05) is 19.1 Å². The molecular formula is C24H25F3N4O. The number of halogens is 3. The molecule has 0 bridgehead atoms. The Morgan fingerprint density at radius 3 is 2.47 bits per heavy atom. The summed E-state index contributed by atoms with van der Waals surface area (Å²) in [7, 11) is 0. The minimum Gasteiger partial charge on any atom is -0.355 e. The normalized spacial score (nSPS) is 15.6. The van der Waals surface area contributed by atoms with Crippen molar-refractivity contribution in [1.29, 1.82) is 0 Å². The summed E-state index contributed by atoms with van der Waals surface area (Å²) in [5.74, 6) is -0.115. The van der Waals surface area contributed by atoms with Crippen LogP contribution in [0, 0.1) is 0 Å². The lowest BCUT2D eigenvalue weighted by Gasteiger charge is -2.31. The first-order chi connectivity index (χ1) is 15.3. The molecule has 0 aliphatic carbocycles. The maximum absolute atomic E-state index is 13.3. The molecule has 4 rings (SSSR count). The number of para-hydroxylation sites is 1. The van der Waals surface area contributed by atoms with Crippen molar-refractivity contribution in [3.05, 3.63) is 65.9 Å². The number of pyridine rings is 1. The number of hydrogen-bond acceptors (Lipinski definition) is 4. The Hall–Kier alpha value is -3.13. The van der Waals surface area contributed by atoms with Gasteiger partial charge in [-0.25, -0.2) is 0 Å². The molecule has 2 N–H and O–H groups in total. The van der Waals surface area contributed by atoms with Crippen LogP contribution in [0.3, 0.4) is 0 Å². The summed E-state index contributed by atoms with van der Waals surface area (Å²) in [5.41, 5.74) is 0.863. The molecule has 1 fully saturated rings. The molecule has 0 saturated carbocycles. The largest absolute Gasteiger partial charge is 0.418 e. The van der Waals surface area contributed by atoms with Gasteiger partial charge < -0.3 is 15.5 Å². The molecule has 0 spiro atoms. The Morgan fingerprint density at radius 2 is 1.81 bits per heavy atom. The quantitative estimate of drug-likeness (QED) is 0.570. The smallest absolute Gasteiger partial charge is 0.355 e. The second-order valence-electron chi connectivity index (χ2n) is 7.94. The molecule has 0 atom stereocenters. The highest BCUT2D eigenvalue weighted by Gasteiger charge is 2.33. The number of amides is 1. The van der Waals surface area contributed by atoms with E-state index in [2.05, 4.69) is 27.4 Å². The van der Waals surface area contributed by atoms with Crippen LogP contribution < -0.4 is 10.6 Å². The van der Waals surface area contributed by atoms with Gasteiger partial charge in [0.15, 0.2) is 0 Å². The third kappa shape index (κ3) is 4.85. The number of anilines is 2. The van der Waals surface area contributed by atoms with Crippen molar-refractivity contribution < 1.29 is 18.0 Å². The molecular weight excluding hydrogens is 417 g/mol. The van der Waals surface area contributed by atoms with Gasteiger partial charge in [0.1, 0.15) is 0 Å². The zero-order valence-corrected chi connectivity index (χ0v) is 17.7. The molecule has 0 unspecified atom stereocenters. The number of likely N-dealkylation sites (tertiary alicyclic amines) is 1. The maximum Gasteiger partial charge on any atom is 0.418 e. The number of carbonyl (C=O) groups excluding carboxylic acids is 1. The molecule has 3 aromatic rings. The summed E-state index contributed by atoms with van der Waals surface area (Å²) in [6, 6.07) is 12.7. The summed E-state index contributed by atoms with van der Waals surface area (Å²) in [4.78, 5) is 18.9. The third-order valence-electron chi connectivity index (χ3n) is 5.87. The van der Waals surface area contributed by atoms with Gasteiger partial charge in [-0.15, -0.1) is 0 Å². The van der Waals surface area contributed by atoms with Crippen LogP contribution in [0.2, 0.25) is 0 Å². The van der Waals surface area contributed by atoms with E-state index in [0.29, 0.717) is 22.3 Å². The van der Waals surface area contributed by atoms with Crippen molar-refractivity contribution in [2.24, 2.45) is 0 Å². The average molecular weight is 442 g/mol. The van der Waals surface area contributed by atoms with Crippen molar-refractivity contribution in [3.8, 4) is 0 Å². The number of hydrogen-bond donors (Lipinski definition) is 2. The molecule has 1 aliphatic rings. The van der Waals surface area contributed by atoms with Crippen LogP contribution >= 0.6 is 0 Å². The zero-order chi connectivity index (χ0) is 22.7. The number of fused-ring (bicyclic) bond motifs is 1. The van der Waals surface area contributed by atoms with Crippen molar-refractivity contribution >= 4 is 28.2 Å². The molecule has 2 aromatic carbocycles. The lowest BCUT2D eigenvalue weighted by atomic mass is 10.0. The maximum atomic E-state index is 13.3. The van der Waals surface area contributed by atoms with Gasteiger partial charge in [0.05, 0.1) is 11.1 Å². The average Bonchev–Trinajstić information content (AvgIpc) is 2.79. The summed E-state index contributed by atoms with van der Waals surface area (Å²) in [6.45, 7) is 5.14. The fourth-order valence-electron chi connectivity index (χ4n) is 4.04. The van der Waals surface area contributed by atoms with Gasteiger partial charge in [-0.3, -0.25) is 9.78 Å². The van der Waals surface area contributed by atoms with Crippen LogP contribution in [0.5, 0.6) is 0 Å². The van der Waals surface area contributed by atoms with E-state index in [1.54, 1.807) is 36.4 Å². The molecule has 2 heterocycles. The Kier molecular flexibility index (Phi) is 6.32. The van der Waals surface area contributed by atoms with Gasteiger partial charge in [0, 0.05) is 47.7 Å². The number of piperidine rings is 1. The van der Waals surface area contributed by atoms with Crippen LogP contribution in [0.1, 0.15) is 35.7 Å². The number of rotatable bonds is 5. The molecule has 0 radical (unpaired) electrons. The Balaban J connectivity index is 1.46. The molecule has 1 amide bonds. The monoisotopic (exact) mass is 442 g/mol. The summed E-state index contributed by atoms with van der Waals surface area (Å²) in [6.07, 6.45) is -1.25. The SMILES string of the molecule is CCN1CCC(NC(=O)c2ccc(Nc3ccnc4c(C(F)(F)F)cccc34)cc2)CC1. The van der Waals surface area contributed by atoms with E-state index in [-0.39, 0.29) is 17.5 Å². The molecule has 8 heteroatoms. The first-order valence-electron chi connectivity index (χ1n) is 10.7.